The van der Waals surface area contributed by atoms with Gasteiger partial charge in [0.15, 0.2) is 0 Å². The van der Waals surface area contributed by atoms with E-state index in [2.05, 4.69) is 0 Å². The van der Waals surface area contributed by atoms with E-state index >= 15 is 0 Å². The van der Waals surface area contributed by atoms with Gasteiger partial charge < -0.3 is 4.74 Å². The van der Waals surface area contributed by atoms with Gasteiger partial charge in [-0.3, -0.25) is 0 Å². The van der Waals surface area contributed by atoms with E-state index in [0.29, 0.717) is 11.3 Å². The molecule has 1 amide bonds. The third kappa shape index (κ3) is 3.78. The van der Waals surface area contributed by atoms with Crippen molar-refractivity contribution >= 4 is 11.8 Å². The minimum absolute atomic E-state index is 0.471. The first-order valence-corrected chi connectivity index (χ1v) is 5.11. The smallest absolute Gasteiger partial charge is 0.429 e. The van der Waals surface area contributed by atoms with Crippen molar-refractivity contribution in [2.75, 3.05) is 5.01 Å². The molecule has 0 heterocycles. The van der Waals surface area contributed by atoms with Crippen molar-refractivity contribution in [3.63, 3.8) is 0 Å². The summed E-state index contributed by atoms with van der Waals surface area (Å²) in [4.78, 5) is 11.6. The van der Waals surface area contributed by atoms with Gasteiger partial charge in [0.25, 0.3) is 0 Å². The lowest BCUT2D eigenvalue weighted by atomic mass is 10.2. The summed E-state index contributed by atoms with van der Waals surface area (Å²) in [6.07, 6.45) is -0.637. The monoisotopic (exact) mass is 233 g/mol. The summed E-state index contributed by atoms with van der Waals surface area (Å²) in [5, 5.41) is 9.55. The van der Waals surface area contributed by atoms with Crippen molar-refractivity contribution in [2.24, 2.45) is 5.84 Å². The molecule has 0 saturated heterocycles. The molecule has 1 aromatic rings. The Morgan fingerprint density at radius 1 is 1.35 bits per heavy atom. The molecule has 0 unspecified atom stereocenters. The number of ether oxygens (including phenoxy) is 1. The van der Waals surface area contributed by atoms with Gasteiger partial charge in [0.05, 0.1) is 17.3 Å². The third-order valence-electron chi connectivity index (χ3n) is 1.86. The van der Waals surface area contributed by atoms with Crippen LogP contribution in [-0.2, 0) is 4.74 Å². The van der Waals surface area contributed by atoms with Gasteiger partial charge in [-0.1, -0.05) is 0 Å². The highest BCUT2D eigenvalue weighted by Crippen LogP contribution is 2.15. The van der Waals surface area contributed by atoms with Crippen molar-refractivity contribution in [3.8, 4) is 6.07 Å². The number of nitrogens with two attached hydrogens (primary N) is 1. The van der Waals surface area contributed by atoms with E-state index in [1.54, 1.807) is 45.0 Å². The lowest BCUT2D eigenvalue weighted by Gasteiger charge is -2.24. The van der Waals surface area contributed by atoms with Crippen molar-refractivity contribution < 1.29 is 9.53 Å². The predicted octanol–water partition coefficient (Wildman–Crippen LogP) is 2.17. The number of nitriles is 1. The van der Waals surface area contributed by atoms with Crippen LogP contribution < -0.4 is 10.9 Å². The van der Waals surface area contributed by atoms with Crippen LogP contribution in [0.5, 0.6) is 0 Å². The van der Waals surface area contributed by atoms with Gasteiger partial charge >= 0.3 is 6.09 Å². The largest absolute Gasteiger partial charge is 0.442 e. The van der Waals surface area contributed by atoms with Crippen molar-refractivity contribution in [3.05, 3.63) is 29.8 Å². The minimum Gasteiger partial charge on any atom is -0.442 e. The lowest BCUT2D eigenvalue weighted by Crippen LogP contribution is -2.41. The summed E-state index contributed by atoms with van der Waals surface area (Å²) in [5.74, 6) is 5.61. The number of anilines is 1. The summed E-state index contributed by atoms with van der Waals surface area (Å²) >= 11 is 0. The Morgan fingerprint density at radius 2 is 1.88 bits per heavy atom. The average Bonchev–Trinajstić information content (AvgIpc) is 2.26. The van der Waals surface area contributed by atoms with Gasteiger partial charge in [-0.2, -0.15) is 5.26 Å². The molecule has 1 rings (SSSR count). The third-order valence-corrected chi connectivity index (χ3v) is 1.86. The summed E-state index contributed by atoms with van der Waals surface area (Å²) in [6, 6.07) is 8.32. The van der Waals surface area contributed by atoms with Crippen LogP contribution in [0.25, 0.3) is 0 Å². The van der Waals surface area contributed by atoms with Gasteiger partial charge in [0, 0.05) is 0 Å². The van der Waals surface area contributed by atoms with Crippen molar-refractivity contribution in [2.45, 2.75) is 26.4 Å². The maximum Gasteiger partial charge on any atom is 0.429 e. The topological polar surface area (TPSA) is 79.3 Å². The number of hydrazine groups is 1. The molecule has 0 aliphatic heterocycles. The van der Waals surface area contributed by atoms with Gasteiger partial charge in [0.2, 0.25) is 0 Å². The average molecular weight is 233 g/mol. The van der Waals surface area contributed by atoms with E-state index in [-0.39, 0.29) is 0 Å². The van der Waals surface area contributed by atoms with Crippen LogP contribution in [0.15, 0.2) is 24.3 Å². The van der Waals surface area contributed by atoms with Gasteiger partial charge in [-0.15, -0.1) is 0 Å². The zero-order chi connectivity index (χ0) is 13.1. The van der Waals surface area contributed by atoms with Crippen LogP contribution in [-0.4, -0.2) is 11.7 Å². The maximum absolute atomic E-state index is 11.6. The van der Waals surface area contributed by atoms with Crippen LogP contribution in [0.2, 0.25) is 0 Å². The second-order valence-corrected chi connectivity index (χ2v) is 4.51. The molecule has 1 aromatic carbocycles. The van der Waals surface area contributed by atoms with Crippen LogP contribution in [0.3, 0.4) is 0 Å². The van der Waals surface area contributed by atoms with E-state index in [1.807, 2.05) is 6.07 Å². The van der Waals surface area contributed by atoms with Gasteiger partial charge in [-0.05, 0) is 45.0 Å². The Kier molecular flexibility index (Phi) is 3.71. The van der Waals surface area contributed by atoms with E-state index in [1.165, 1.54) is 0 Å². The second kappa shape index (κ2) is 4.85. The SMILES string of the molecule is CC(C)(C)OC(=O)N(N)c1ccc(C#N)cc1. The molecule has 17 heavy (non-hydrogen) atoms. The number of rotatable bonds is 1. The van der Waals surface area contributed by atoms with Crippen LogP contribution in [0, 0.1) is 11.3 Å². The number of nitrogens with zero attached hydrogens (tertiary/aromatic N) is 2. The van der Waals surface area contributed by atoms with E-state index in [4.69, 9.17) is 15.8 Å². The fourth-order valence-corrected chi connectivity index (χ4v) is 1.11. The molecule has 0 aromatic heterocycles. The Labute approximate surface area is 100 Å². The number of amides is 1. The lowest BCUT2D eigenvalue weighted by molar-refractivity contribution is 0.0580. The normalized spacial score (nSPS) is 10.5. The highest BCUT2D eigenvalue weighted by molar-refractivity contribution is 5.86. The predicted molar refractivity (Wildman–Crippen MR) is 64.1 cm³/mol. The molecular weight excluding hydrogens is 218 g/mol. The second-order valence-electron chi connectivity index (χ2n) is 4.51. The Morgan fingerprint density at radius 3 is 2.29 bits per heavy atom. The Bertz CT molecular complexity index is 440. The molecule has 0 spiro atoms. The molecule has 5 heteroatoms. The molecular formula is C12H15N3O2. The first kappa shape index (κ1) is 13.0. The van der Waals surface area contributed by atoms with Crippen LogP contribution in [0.4, 0.5) is 10.5 Å². The van der Waals surface area contributed by atoms with Crippen molar-refractivity contribution in [1.82, 2.24) is 0 Å². The summed E-state index contributed by atoms with van der Waals surface area (Å²) in [7, 11) is 0. The fraction of sp³-hybridized carbons (Fsp3) is 0.333. The summed E-state index contributed by atoms with van der Waals surface area (Å²) in [5.41, 5.74) is 0.381. The molecule has 5 nitrogen and oxygen atoms in total. The summed E-state index contributed by atoms with van der Waals surface area (Å²) < 4.78 is 5.11. The summed E-state index contributed by atoms with van der Waals surface area (Å²) in [6.45, 7) is 5.28. The highest BCUT2D eigenvalue weighted by Gasteiger charge is 2.20. The number of hydrogen-bond donors (Lipinski definition) is 1. The molecule has 0 fully saturated rings. The van der Waals surface area contributed by atoms with Crippen molar-refractivity contribution in [1.29, 1.82) is 5.26 Å². The standard InChI is InChI=1S/C12H15N3O2/c1-12(2,3)17-11(16)15(14)10-6-4-9(8-13)5-7-10/h4-7H,14H2,1-3H3. The van der Waals surface area contributed by atoms with Crippen LogP contribution in [0.1, 0.15) is 26.3 Å². The molecule has 90 valence electrons. The van der Waals surface area contributed by atoms with Crippen LogP contribution >= 0.6 is 0 Å². The molecule has 0 radical (unpaired) electrons. The Balaban J connectivity index is 2.79. The molecule has 0 atom stereocenters. The first-order chi connectivity index (χ1) is 7.83. The maximum atomic E-state index is 11.6. The number of carbonyl (C=O) groups excluding carboxylic acids is 1. The number of benzene rings is 1. The molecule has 0 aliphatic carbocycles. The van der Waals surface area contributed by atoms with E-state index in [0.717, 1.165) is 5.01 Å². The fourth-order valence-electron chi connectivity index (χ4n) is 1.11. The zero-order valence-corrected chi connectivity index (χ0v) is 10.1. The highest BCUT2D eigenvalue weighted by atomic mass is 16.6. The molecule has 0 saturated carbocycles. The first-order valence-electron chi connectivity index (χ1n) is 5.11. The zero-order valence-electron chi connectivity index (χ0n) is 10.1. The van der Waals surface area contributed by atoms with E-state index in [9.17, 15) is 4.79 Å². The number of carbonyl (C=O) groups is 1. The van der Waals surface area contributed by atoms with Gasteiger partial charge in [-0.25, -0.2) is 15.6 Å². The molecule has 0 bridgehead atoms. The van der Waals surface area contributed by atoms with E-state index < -0.39 is 11.7 Å². The quantitative estimate of drug-likeness (QED) is 0.458. The molecule has 0 aliphatic rings. The number of hydrogen-bond acceptors (Lipinski definition) is 4. The Hall–Kier alpha value is -2.06. The molecule has 2 N–H and O–H groups in total. The minimum atomic E-state index is -0.637. The van der Waals surface area contributed by atoms with Gasteiger partial charge in [0.1, 0.15) is 5.60 Å².